The molecule has 1 nitrogen and oxygen atoms in total. The van der Waals surface area contributed by atoms with E-state index in [1.807, 2.05) is 0 Å². The maximum Gasteiger partial charge on any atom is 0.0645 e. The summed E-state index contributed by atoms with van der Waals surface area (Å²) in [6.45, 7) is 0. The van der Waals surface area contributed by atoms with Crippen LogP contribution in [0.5, 0.6) is 0 Å². The van der Waals surface area contributed by atoms with Gasteiger partial charge in [0, 0.05) is 11.4 Å². The van der Waals surface area contributed by atoms with Crippen LogP contribution in [-0.2, 0) is 0 Å². The van der Waals surface area contributed by atoms with E-state index in [1.165, 1.54) is 0 Å². The Hall–Kier alpha value is -3.06. The summed E-state index contributed by atoms with van der Waals surface area (Å²) in [5.41, 5.74) is -2.16. The van der Waals surface area contributed by atoms with Crippen molar-refractivity contribution in [1.29, 1.82) is 0 Å². The summed E-state index contributed by atoms with van der Waals surface area (Å²) in [5, 5.41) is 1.59. The summed E-state index contributed by atoms with van der Waals surface area (Å²) in [6, 6.07) is -11.3. The van der Waals surface area contributed by atoms with E-state index in [0.717, 1.165) is 0 Å². The molecular weight excluding hydrogens is 278 g/mol. The number of rotatable bonds is 3. The van der Waals surface area contributed by atoms with Crippen LogP contribution in [0.15, 0.2) is 96.7 Å². The predicted molar refractivity (Wildman–Crippen MR) is 99.1 cm³/mol. The third-order valence-electron chi connectivity index (χ3n) is 2.88. The zero-order valence-corrected chi connectivity index (χ0v) is 11.5. The van der Waals surface area contributed by atoms with E-state index >= 15 is 0 Å². The standard InChI is InChI=1S/C22H17N/c1-2-8-21(9-3-1)23-22-14-12-18(13-15-22)20-11-10-17-6-4-5-7-19(17)16-20/h1-16,23H/i1D,2D,3D,4D,5D,6D,7D,8D,9D,10D,11D,12D,13D,14D,15D,16D. The van der Waals surface area contributed by atoms with Crippen molar-refractivity contribution in [3.63, 3.8) is 0 Å². The highest BCUT2D eigenvalue weighted by Crippen LogP contribution is 2.26. The molecule has 4 aromatic rings. The third kappa shape index (κ3) is 2.95. The highest BCUT2D eigenvalue weighted by molar-refractivity contribution is 5.87. The summed E-state index contributed by atoms with van der Waals surface area (Å²) in [7, 11) is 0. The quantitative estimate of drug-likeness (QED) is 0.471. The van der Waals surface area contributed by atoms with Gasteiger partial charge in [0.2, 0.25) is 0 Å². The Bertz CT molecular complexity index is 1690. The van der Waals surface area contributed by atoms with Gasteiger partial charge in [-0.1, -0.05) is 66.5 Å². The first kappa shape index (κ1) is 4.72. The van der Waals surface area contributed by atoms with Gasteiger partial charge >= 0.3 is 0 Å². The van der Waals surface area contributed by atoms with Gasteiger partial charge in [-0.05, 0) is 52.1 Å². The van der Waals surface area contributed by atoms with E-state index in [9.17, 15) is 0 Å². The lowest BCUT2D eigenvalue weighted by molar-refractivity contribution is 1.54. The molecule has 1 N–H and O–H groups in total. The number of fused-ring (bicyclic) bond motifs is 1. The summed E-state index contributed by atoms with van der Waals surface area (Å²) in [5.74, 6) is 0. The summed E-state index contributed by atoms with van der Waals surface area (Å²) < 4.78 is 131. The molecule has 0 aliphatic rings. The molecule has 0 aliphatic heterocycles. The molecule has 0 spiro atoms. The highest BCUT2D eigenvalue weighted by Gasteiger charge is 2.00. The first-order valence-electron chi connectivity index (χ1n) is 14.5. The zero-order chi connectivity index (χ0) is 29.4. The maximum absolute atomic E-state index is 8.65. The van der Waals surface area contributed by atoms with Crippen LogP contribution in [0.25, 0.3) is 21.9 Å². The molecule has 0 radical (unpaired) electrons. The van der Waals surface area contributed by atoms with Crippen LogP contribution in [-0.4, -0.2) is 0 Å². The van der Waals surface area contributed by atoms with E-state index in [2.05, 4.69) is 5.32 Å². The lowest BCUT2D eigenvalue weighted by atomic mass is 10.0. The fraction of sp³-hybridized carbons (Fsp3) is 0. The van der Waals surface area contributed by atoms with Gasteiger partial charge in [0.1, 0.15) is 0 Å². The molecule has 0 saturated heterocycles. The third-order valence-corrected chi connectivity index (χ3v) is 2.88. The second kappa shape index (κ2) is 5.98. The van der Waals surface area contributed by atoms with E-state index in [1.54, 1.807) is 0 Å². The number of hydrogen-bond acceptors (Lipinski definition) is 1. The van der Waals surface area contributed by atoms with Crippen molar-refractivity contribution < 1.29 is 21.9 Å². The second-order valence-corrected chi connectivity index (χ2v) is 4.38. The molecule has 23 heavy (non-hydrogen) atoms. The van der Waals surface area contributed by atoms with Crippen molar-refractivity contribution in [2.24, 2.45) is 0 Å². The topological polar surface area (TPSA) is 12.0 Å². The molecule has 0 saturated carbocycles. The van der Waals surface area contributed by atoms with Gasteiger partial charge in [0.05, 0.1) is 21.9 Å². The van der Waals surface area contributed by atoms with Gasteiger partial charge in [-0.3, -0.25) is 0 Å². The average molecular weight is 311 g/mol. The minimum Gasteiger partial charge on any atom is -0.356 e. The largest absolute Gasteiger partial charge is 0.356 e. The van der Waals surface area contributed by atoms with Crippen molar-refractivity contribution in [2.75, 3.05) is 5.32 Å². The number of anilines is 2. The molecule has 4 aromatic carbocycles. The number of hydrogen-bond donors (Lipinski definition) is 1. The molecule has 0 atom stereocenters. The fourth-order valence-corrected chi connectivity index (χ4v) is 1.84. The number of nitrogens with one attached hydrogen (secondary N) is 1. The lowest BCUT2D eigenvalue weighted by Crippen LogP contribution is -1.89. The van der Waals surface area contributed by atoms with Crippen molar-refractivity contribution >= 4 is 22.1 Å². The molecule has 0 bridgehead atoms. The van der Waals surface area contributed by atoms with E-state index in [-0.39, 0.29) is 0 Å². The van der Waals surface area contributed by atoms with Crippen LogP contribution in [0.1, 0.15) is 21.9 Å². The molecule has 110 valence electrons. The van der Waals surface area contributed by atoms with Gasteiger partial charge in [0.15, 0.2) is 0 Å². The van der Waals surface area contributed by atoms with Crippen molar-refractivity contribution in [3.05, 3.63) is 96.7 Å². The minimum atomic E-state index is -0.785. The highest BCUT2D eigenvalue weighted by atomic mass is 14.9. The minimum absolute atomic E-state index is 0.394. The molecule has 0 heterocycles. The van der Waals surface area contributed by atoms with Crippen LogP contribution in [0.3, 0.4) is 0 Å². The maximum atomic E-state index is 8.65. The van der Waals surface area contributed by atoms with Crippen LogP contribution < -0.4 is 5.32 Å². The Balaban J connectivity index is 2.06. The van der Waals surface area contributed by atoms with Crippen molar-refractivity contribution in [1.82, 2.24) is 0 Å². The van der Waals surface area contributed by atoms with E-state index in [0.29, 0.717) is 0 Å². The molecule has 0 aliphatic carbocycles. The Morgan fingerprint density at radius 3 is 1.91 bits per heavy atom. The van der Waals surface area contributed by atoms with E-state index < -0.39 is 130 Å². The second-order valence-electron chi connectivity index (χ2n) is 4.38. The predicted octanol–water partition coefficient (Wildman–Crippen LogP) is 6.25. The normalized spacial score (nSPS) is 20.3. The molecule has 0 aromatic heterocycles. The lowest BCUT2D eigenvalue weighted by Gasteiger charge is -2.08. The van der Waals surface area contributed by atoms with Crippen molar-refractivity contribution in [2.45, 2.75) is 0 Å². The summed E-state index contributed by atoms with van der Waals surface area (Å²) in [6.07, 6.45) is 0. The van der Waals surface area contributed by atoms with Gasteiger partial charge in [0.25, 0.3) is 0 Å². The van der Waals surface area contributed by atoms with Gasteiger partial charge in [-0.25, -0.2) is 0 Å². The monoisotopic (exact) mass is 311 g/mol. The molecule has 1 heteroatoms. The van der Waals surface area contributed by atoms with Crippen molar-refractivity contribution in [3.8, 4) is 11.1 Å². The van der Waals surface area contributed by atoms with Crippen LogP contribution >= 0.6 is 0 Å². The molecule has 0 unspecified atom stereocenters. The Morgan fingerprint density at radius 2 is 1.13 bits per heavy atom. The summed E-state index contributed by atoms with van der Waals surface area (Å²) >= 11 is 0. The Kier molecular flexibility index (Phi) is 1.23. The first-order valence-corrected chi connectivity index (χ1v) is 6.50. The van der Waals surface area contributed by atoms with Gasteiger partial charge < -0.3 is 5.32 Å². The van der Waals surface area contributed by atoms with Crippen LogP contribution in [0.4, 0.5) is 11.4 Å². The molecular formula is C22H17N. The SMILES string of the molecule is [2H]c1c([2H])c([2H])c(Nc2c([2H])c([2H])c(-c3c([2H])c([2H])c4c([2H])c([2H])c([2H])c([2H])c4c3[2H])c([2H])c2[2H])c([2H])c1[2H]. The average Bonchev–Trinajstić information content (AvgIpc) is 2.90. The number of para-hydroxylation sites is 1. The molecule has 0 amide bonds. The van der Waals surface area contributed by atoms with Gasteiger partial charge in [-0.15, -0.1) is 0 Å². The molecule has 4 rings (SSSR count). The number of benzene rings is 4. The first-order chi connectivity index (χ1) is 18.1. The van der Waals surface area contributed by atoms with Crippen LogP contribution in [0.2, 0.25) is 0 Å². The Labute approximate surface area is 158 Å². The fourth-order valence-electron chi connectivity index (χ4n) is 1.84. The zero-order valence-electron chi connectivity index (χ0n) is 27.5. The smallest absolute Gasteiger partial charge is 0.0645 e. The van der Waals surface area contributed by atoms with Gasteiger partial charge in [-0.2, -0.15) is 0 Å². The molecule has 0 fully saturated rings. The Morgan fingerprint density at radius 1 is 0.522 bits per heavy atom. The van der Waals surface area contributed by atoms with Crippen LogP contribution in [0, 0.1) is 0 Å². The van der Waals surface area contributed by atoms with E-state index in [4.69, 9.17) is 21.9 Å². The summed E-state index contributed by atoms with van der Waals surface area (Å²) in [4.78, 5) is 0.